The first kappa shape index (κ1) is 13.4. The van der Waals surface area contributed by atoms with Crippen LogP contribution in [0.1, 0.15) is 46.5 Å². The van der Waals surface area contributed by atoms with E-state index in [-0.39, 0.29) is 17.9 Å². The van der Waals surface area contributed by atoms with Crippen molar-refractivity contribution in [2.75, 3.05) is 6.67 Å². The molecule has 2 unspecified atom stereocenters. The number of unbranched alkanes of at least 4 members (excludes halogenated alkanes) is 1. The molecule has 0 aromatic carbocycles. The topological polar surface area (TPSA) is 29.1 Å². The zero-order chi connectivity index (χ0) is 11.0. The maximum absolute atomic E-state index is 12.7. The van der Waals surface area contributed by atoms with Gasteiger partial charge in [-0.15, -0.1) is 0 Å². The van der Waals surface area contributed by atoms with Crippen molar-refractivity contribution in [2.45, 2.75) is 52.5 Å². The summed E-state index contributed by atoms with van der Waals surface area (Å²) in [4.78, 5) is 10.8. The standard InChI is InChI=1S/C11H22FNO/c1-4-6-7-10(5-2)11(8-12)13-9(3)14/h10-11H,4-8H2,1-3H3,(H,13,14). The van der Waals surface area contributed by atoms with E-state index in [2.05, 4.69) is 12.2 Å². The van der Waals surface area contributed by atoms with Gasteiger partial charge in [-0.05, 0) is 12.3 Å². The second kappa shape index (κ2) is 7.77. The van der Waals surface area contributed by atoms with Crippen molar-refractivity contribution in [3.63, 3.8) is 0 Å². The molecule has 0 spiro atoms. The maximum atomic E-state index is 12.7. The molecule has 0 bridgehead atoms. The number of carbonyl (C=O) groups is 1. The largest absolute Gasteiger partial charge is 0.351 e. The molecular formula is C11H22FNO. The second-order valence-electron chi connectivity index (χ2n) is 3.77. The highest BCUT2D eigenvalue weighted by molar-refractivity contribution is 5.73. The Kier molecular flexibility index (Phi) is 7.44. The zero-order valence-electron chi connectivity index (χ0n) is 9.48. The third kappa shape index (κ3) is 5.20. The van der Waals surface area contributed by atoms with Gasteiger partial charge in [0.1, 0.15) is 6.67 Å². The van der Waals surface area contributed by atoms with E-state index in [1.54, 1.807) is 0 Å². The Morgan fingerprint density at radius 2 is 2.07 bits per heavy atom. The lowest BCUT2D eigenvalue weighted by atomic mass is 9.92. The van der Waals surface area contributed by atoms with Crippen LogP contribution in [0.15, 0.2) is 0 Å². The van der Waals surface area contributed by atoms with Crippen molar-refractivity contribution in [1.29, 1.82) is 0 Å². The van der Waals surface area contributed by atoms with Crippen molar-refractivity contribution < 1.29 is 9.18 Å². The number of halogens is 1. The van der Waals surface area contributed by atoms with E-state index in [1.165, 1.54) is 6.92 Å². The molecule has 0 radical (unpaired) electrons. The summed E-state index contributed by atoms with van der Waals surface area (Å²) in [5, 5.41) is 2.68. The van der Waals surface area contributed by atoms with Crippen LogP contribution in [0.3, 0.4) is 0 Å². The van der Waals surface area contributed by atoms with E-state index < -0.39 is 6.67 Å². The van der Waals surface area contributed by atoms with Gasteiger partial charge in [0.25, 0.3) is 0 Å². The monoisotopic (exact) mass is 203 g/mol. The fourth-order valence-electron chi connectivity index (χ4n) is 1.70. The molecule has 84 valence electrons. The number of amides is 1. The molecule has 1 N–H and O–H groups in total. The van der Waals surface area contributed by atoms with Crippen LogP contribution in [0, 0.1) is 5.92 Å². The van der Waals surface area contributed by atoms with Crippen LogP contribution in [0.4, 0.5) is 4.39 Å². The molecule has 14 heavy (non-hydrogen) atoms. The molecule has 0 aromatic rings. The van der Waals surface area contributed by atoms with Crippen LogP contribution in [-0.4, -0.2) is 18.6 Å². The third-order valence-electron chi connectivity index (χ3n) is 2.58. The summed E-state index contributed by atoms with van der Waals surface area (Å²) in [6.07, 6.45) is 4.15. The van der Waals surface area contributed by atoms with Gasteiger partial charge in [-0.3, -0.25) is 4.79 Å². The van der Waals surface area contributed by atoms with Gasteiger partial charge in [-0.2, -0.15) is 0 Å². The summed E-state index contributed by atoms with van der Waals surface area (Å²) in [6.45, 7) is 5.15. The fraction of sp³-hybridized carbons (Fsp3) is 0.909. The molecule has 0 heterocycles. The first-order valence-electron chi connectivity index (χ1n) is 5.48. The minimum atomic E-state index is -0.457. The van der Waals surface area contributed by atoms with E-state index in [0.717, 1.165) is 25.7 Å². The van der Waals surface area contributed by atoms with E-state index in [0.29, 0.717) is 0 Å². The number of alkyl halides is 1. The second-order valence-corrected chi connectivity index (χ2v) is 3.77. The first-order chi connectivity index (χ1) is 6.65. The SMILES string of the molecule is CCCCC(CC)C(CF)NC(C)=O. The molecule has 1 amide bonds. The molecule has 3 heteroatoms. The Balaban J connectivity index is 4.06. The van der Waals surface area contributed by atoms with Crippen molar-refractivity contribution in [3.8, 4) is 0 Å². The summed E-state index contributed by atoms with van der Waals surface area (Å²) in [6, 6.07) is -0.288. The average molecular weight is 203 g/mol. The lowest BCUT2D eigenvalue weighted by Gasteiger charge is -2.24. The summed E-state index contributed by atoms with van der Waals surface area (Å²) in [5.41, 5.74) is 0. The van der Waals surface area contributed by atoms with Crippen LogP contribution in [0.5, 0.6) is 0 Å². The van der Waals surface area contributed by atoms with E-state index in [9.17, 15) is 9.18 Å². The van der Waals surface area contributed by atoms with Crippen molar-refractivity contribution in [2.24, 2.45) is 5.92 Å². The molecule has 0 aliphatic heterocycles. The number of carbonyl (C=O) groups excluding carboxylic acids is 1. The van der Waals surface area contributed by atoms with Crippen LogP contribution >= 0.6 is 0 Å². The molecule has 0 saturated carbocycles. The third-order valence-corrected chi connectivity index (χ3v) is 2.58. The van der Waals surface area contributed by atoms with E-state index in [4.69, 9.17) is 0 Å². The van der Waals surface area contributed by atoms with Crippen molar-refractivity contribution in [3.05, 3.63) is 0 Å². The number of hydrogen-bond donors (Lipinski definition) is 1. The Morgan fingerprint density at radius 3 is 2.43 bits per heavy atom. The lowest BCUT2D eigenvalue weighted by molar-refractivity contribution is -0.120. The van der Waals surface area contributed by atoms with Crippen LogP contribution in [0.2, 0.25) is 0 Å². The quantitative estimate of drug-likeness (QED) is 0.677. The lowest BCUT2D eigenvalue weighted by Crippen LogP contribution is -2.40. The average Bonchev–Trinajstić information content (AvgIpc) is 2.16. The molecule has 0 saturated heterocycles. The predicted molar refractivity (Wildman–Crippen MR) is 56.9 cm³/mol. The highest BCUT2D eigenvalue weighted by atomic mass is 19.1. The molecule has 2 nitrogen and oxygen atoms in total. The van der Waals surface area contributed by atoms with Gasteiger partial charge in [0, 0.05) is 6.92 Å². The normalized spacial score (nSPS) is 14.9. The number of hydrogen-bond acceptors (Lipinski definition) is 1. The van der Waals surface area contributed by atoms with E-state index >= 15 is 0 Å². The van der Waals surface area contributed by atoms with Crippen molar-refractivity contribution in [1.82, 2.24) is 5.32 Å². The summed E-state index contributed by atoms with van der Waals surface area (Å²) in [7, 11) is 0. The number of nitrogens with one attached hydrogen (secondary N) is 1. The summed E-state index contributed by atoms with van der Waals surface area (Å²) in [5.74, 6) is 0.145. The minimum absolute atomic E-state index is 0.136. The molecule has 0 rings (SSSR count). The van der Waals surface area contributed by atoms with E-state index in [1.807, 2.05) is 6.92 Å². The van der Waals surface area contributed by atoms with Crippen LogP contribution in [0.25, 0.3) is 0 Å². The summed E-state index contributed by atoms with van der Waals surface area (Å²) < 4.78 is 12.7. The maximum Gasteiger partial charge on any atom is 0.217 e. The smallest absolute Gasteiger partial charge is 0.217 e. The van der Waals surface area contributed by atoms with Crippen LogP contribution < -0.4 is 5.32 Å². The van der Waals surface area contributed by atoms with Crippen molar-refractivity contribution >= 4 is 5.91 Å². The van der Waals surface area contributed by atoms with Gasteiger partial charge in [-0.25, -0.2) is 4.39 Å². The first-order valence-corrected chi connectivity index (χ1v) is 5.48. The molecule has 2 atom stereocenters. The summed E-state index contributed by atoms with van der Waals surface area (Å²) >= 11 is 0. The number of rotatable bonds is 7. The Morgan fingerprint density at radius 1 is 1.43 bits per heavy atom. The molecular weight excluding hydrogens is 181 g/mol. The Labute approximate surface area is 86.3 Å². The molecule has 0 aliphatic carbocycles. The highest BCUT2D eigenvalue weighted by Crippen LogP contribution is 2.17. The Bertz CT molecular complexity index is 161. The zero-order valence-corrected chi connectivity index (χ0v) is 9.48. The molecule has 0 aromatic heterocycles. The van der Waals surface area contributed by atoms with Gasteiger partial charge in [0.15, 0.2) is 0 Å². The minimum Gasteiger partial charge on any atom is -0.351 e. The highest BCUT2D eigenvalue weighted by Gasteiger charge is 2.19. The molecule has 0 aliphatic rings. The van der Waals surface area contributed by atoms with Gasteiger partial charge < -0.3 is 5.32 Å². The molecule has 0 fully saturated rings. The Hall–Kier alpha value is -0.600. The van der Waals surface area contributed by atoms with Gasteiger partial charge in [-0.1, -0.05) is 33.1 Å². The van der Waals surface area contributed by atoms with Gasteiger partial charge in [0.05, 0.1) is 6.04 Å². The predicted octanol–water partition coefficient (Wildman–Crippen LogP) is 2.68. The van der Waals surface area contributed by atoms with Gasteiger partial charge in [0.2, 0.25) is 5.91 Å². The van der Waals surface area contributed by atoms with Crippen LogP contribution in [-0.2, 0) is 4.79 Å². The van der Waals surface area contributed by atoms with Gasteiger partial charge >= 0.3 is 0 Å². The fourth-order valence-corrected chi connectivity index (χ4v) is 1.70.